The molecule has 0 radical (unpaired) electrons. The van der Waals surface area contributed by atoms with Crippen molar-refractivity contribution in [1.82, 2.24) is 15.3 Å². The van der Waals surface area contributed by atoms with Gasteiger partial charge in [-0.15, -0.1) is 0 Å². The Kier molecular flexibility index (Phi) is 4.61. The van der Waals surface area contributed by atoms with Crippen LogP contribution in [0.15, 0.2) is 42.5 Å². The zero-order valence-electron chi connectivity index (χ0n) is 12.4. The van der Waals surface area contributed by atoms with Crippen LogP contribution in [-0.4, -0.2) is 16.6 Å². The van der Waals surface area contributed by atoms with Gasteiger partial charge in [0.25, 0.3) is 0 Å². The largest absolute Gasteiger partial charge is 0.494 e. The van der Waals surface area contributed by atoms with Gasteiger partial charge in [0.15, 0.2) is 0 Å². The summed E-state index contributed by atoms with van der Waals surface area (Å²) in [6, 6.07) is 13.7. The molecular formula is C17H18ClN3O. The molecular weight excluding hydrogens is 298 g/mol. The summed E-state index contributed by atoms with van der Waals surface area (Å²) in [5.41, 5.74) is 3.08. The van der Waals surface area contributed by atoms with E-state index < -0.39 is 0 Å². The first-order valence-corrected chi connectivity index (χ1v) is 7.69. The van der Waals surface area contributed by atoms with E-state index in [1.165, 1.54) is 0 Å². The molecule has 0 fully saturated rings. The SMILES string of the molecule is CCOc1ccc(Cl)cc1CNCc1nc2ccccc2[nH]1. The molecule has 22 heavy (non-hydrogen) atoms. The Bertz CT molecular complexity index is 736. The molecule has 2 N–H and O–H groups in total. The maximum Gasteiger partial charge on any atom is 0.123 e. The molecule has 0 aliphatic carbocycles. The summed E-state index contributed by atoms with van der Waals surface area (Å²) in [5, 5.41) is 4.08. The van der Waals surface area contributed by atoms with Crippen LogP contribution < -0.4 is 10.1 Å². The summed E-state index contributed by atoms with van der Waals surface area (Å²) < 4.78 is 5.62. The first-order valence-electron chi connectivity index (χ1n) is 7.32. The maximum atomic E-state index is 6.06. The van der Waals surface area contributed by atoms with E-state index in [0.29, 0.717) is 24.7 Å². The molecule has 3 rings (SSSR count). The number of H-pyrrole nitrogens is 1. The molecule has 0 amide bonds. The van der Waals surface area contributed by atoms with Gasteiger partial charge in [-0.1, -0.05) is 23.7 Å². The first-order chi connectivity index (χ1) is 10.8. The van der Waals surface area contributed by atoms with Crippen molar-refractivity contribution in [2.45, 2.75) is 20.0 Å². The molecule has 1 heterocycles. The molecule has 2 aromatic carbocycles. The van der Waals surface area contributed by atoms with Gasteiger partial charge in [-0.05, 0) is 37.3 Å². The highest BCUT2D eigenvalue weighted by Gasteiger charge is 2.06. The van der Waals surface area contributed by atoms with E-state index in [9.17, 15) is 0 Å². The van der Waals surface area contributed by atoms with Crippen molar-refractivity contribution in [3.63, 3.8) is 0 Å². The standard InChI is InChI=1S/C17H18ClN3O/c1-2-22-16-8-7-13(18)9-12(16)10-19-11-17-20-14-5-3-4-6-15(14)21-17/h3-9,19H,2,10-11H2,1H3,(H,20,21). The molecule has 0 bridgehead atoms. The Morgan fingerprint density at radius 1 is 1.18 bits per heavy atom. The number of aromatic nitrogens is 2. The van der Waals surface area contributed by atoms with Gasteiger partial charge in [-0.25, -0.2) is 4.98 Å². The van der Waals surface area contributed by atoms with Crippen molar-refractivity contribution in [3.8, 4) is 5.75 Å². The Morgan fingerprint density at radius 2 is 2.05 bits per heavy atom. The number of rotatable bonds is 6. The fourth-order valence-corrected chi connectivity index (χ4v) is 2.58. The summed E-state index contributed by atoms with van der Waals surface area (Å²) in [7, 11) is 0. The van der Waals surface area contributed by atoms with Crippen molar-refractivity contribution in [1.29, 1.82) is 0 Å². The first kappa shape index (κ1) is 14.9. The third-order valence-corrected chi connectivity index (χ3v) is 3.60. The number of nitrogens with zero attached hydrogens (tertiary/aromatic N) is 1. The van der Waals surface area contributed by atoms with Crippen LogP contribution in [0.1, 0.15) is 18.3 Å². The average molecular weight is 316 g/mol. The van der Waals surface area contributed by atoms with Crippen molar-refractivity contribution < 1.29 is 4.74 Å². The second kappa shape index (κ2) is 6.81. The molecule has 0 saturated heterocycles. The van der Waals surface area contributed by atoms with Crippen molar-refractivity contribution in [2.24, 2.45) is 0 Å². The highest BCUT2D eigenvalue weighted by atomic mass is 35.5. The monoisotopic (exact) mass is 315 g/mol. The summed E-state index contributed by atoms with van der Waals surface area (Å²) in [5.74, 6) is 1.78. The number of hydrogen-bond donors (Lipinski definition) is 2. The van der Waals surface area contributed by atoms with Crippen LogP contribution in [0.3, 0.4) is 0 Å². The van der Waals surface area contributed by atoms with E-state index in [1.54, 1.807) is 0 Å². The van der Waals surface area contributed by atoms with E-state index in [2.05, 4.69) is 15.3 Å². The Morgan fingerprint density at radius 3 is 2.86 bits per heavy atom. The fourth-order valence-electron chi connectivity index (χ4n) is 2.39. The topological polar surface area (TPSA) is 49.9 Å². The second-order valence-electron chi connectivity index (χ2n) is 4.99. The fraction of sp³-hybridized carbons (Fsp3) is 0.235. The van der Waals surface area contributed by atoms with Crippen molar-refractivity contribution in [2.75, 3.05) is 6.61 Å². The number of imidazole rings is 1. The van der Waals surface area contributed by atoms with Crippen LogP contribution in [0.25, 0.3) is 11.0 Å². The van der Waals surface area contributed by atoms with E-state index in [4.69, 9.17) is 16.3 Å². The van der Waals surface area contributed by atoms with Gasteiger partial charge >= 0.3 is 0 Å². The Labute approximate surface area is 134 Å². The predicted molar refractivity (Wildman–Crippen MR) is 89.3 cm³/mol. The highest BCUT2D eigenvalue weighted by molar-refractivity contribution is 6.30. The van der Waals surface area contributed by atoms with E-state index in [-0.39, 0.29) is 0 Å². The van der Waals surface area contributed by atoms with Crippen LogP contribution in [0.5, 0.6) is 5.75 Å². The molecule has 0 aliphatic rings. The minimum Gasteiger partial charge on any atom is -0.494 e. The number of para-hydroxylation sites is 2. The highest BCUT2D eigenvalue weighted by Crippen LogP contribution is 2.23. The molecule has 4 nitrogen and oxygen atoms in total. The van der Waals surface area contributed by atoms with Crippen molar-refractivity contribution >= 4 is 22.6 Å². The molecule has 0 unspecified atom stereocenters. The quantitative estimate of drug-likeness (QED) is 0.725. The number of nitrogens with one attached hydrogen (secondary N) is 2. The van der Waals surface area contributed by atoms with Gasteiger partial charge < -0.3 is 15.0 Å². The van der Waals surface area contributed by atoms with Crippen molar-refractivity contribution in [3.05, 3.63) is 58.9 Å². The van der Waals surface area contributed by atoms with Crippen LogP contribution >= 0.6 is 11.6 Å². The van der Waals surface area contributed by atoms with E-state index in [1.807, 2.05) is 49.4 Å². The summed E-state index contributed by atoms with van der Waals surface area (Å²) in [6.07, 6.45) is 0. The Balaban J connectivity index is 1.66. The summed E-state index contributed by atoms with van der Waals surface area (Å²) in [4.78, 5) is 7.85. The molecule has 3 aromatic rings. The van der Waals surface area contributed by atoms with Gasteiger partial charge in [0, 0.05) is 17.1 Å². The third-order valence-electron chi connectivity index (χ3n) is 3.37. The van der Waals surface area contributed by atoms with E-state index >= 15 is 0 Å². The molecule has 0 aliphatic heterocycles. The van der Waals surface area contributed by atoms with Crippen LogP contribution in [0.4, 0.5) is 0 Å². The molecule has 0 spiro atoms. The lowest BCUT2D eigenvalue weighted by atomic mass is 10.2. The average Bonchev–Trinajstić information content (AvgIpc) is 2.92. The third kappa shape index (κ3) is 3.40. The number of benzene rings is 2. The number of aromatic amines is 1. The van der Waals surface area contributed by atoms with Gasteiger partial charge in [0.2, 0.25) is 0 Å². The number of fused-ring (bicyclic) bond motifs is 1. The number of hydrogen-bond acceptors (Lipinski definition) is 3. The lowest BCUT2D eigenvalue weighted by molar-refractivity contribution is 0.335. The predicted octanol–water partition coefficient (Wildman–Crippen LogP) is 3.90. The zero-order chi connectivity index (χ0) is 15.4. The van der Waals surface area contributed by atoms with Crippen LogP contribution in [-0.2, 0) is 13.1 Å². The lowest BCUT2D eigenvalue weighted by Crippen LogP contribution is -2.14. The Hall–Kier alpha value is -2.04. The van der Waals surface area contributed by atoms with Crippen LogP contribution in [0, 0.1) is 0 Å². The van der Waals surface area contributed by atoms with Gasteiger partial charge in [-0.3, -0.25) is 0 Å². The maximum absolute atomic E-state index is 6.06. The molecule has 0 saturated carbocycles. The summed E-state index contributed by atoms with van der Waals surface area (Å²) >= 11 is 6.06. The lowest BCUT2D eigenvalue weighted by Gasteiger charge is -2.11. The van der Waals surface area contributed by atoms with E-state index in [0.717, 1.165) is 28.2 Å². The molecule has 1 aromatic heterocycles. The minimum atomic E-state index is 0.637. The van der Waals surface area contributed by atoms with Gasteiger partial charge in [0.05, 0.1) is 24.2 Å². The van der Waals surface area contributed by atoms with Gasteiger partial charge in [0.1, 0.15) is 11.6 Å². The molecule has 114 valence electrons. The van der Waals surface area contributed by atoms with Crippen LogP contribution in [0.2, 0.25) is 5.02 Å². The normalized spacial score (nSPS) is 11.0. The summed E-state index contributed by atoms with van der Waals surface area (Å²) in [6.45, 7) is 3.94. The second-order valence-corrected chi connectivity index (χ2v) is 5.43. The molecule has 0 atom stereocenters. The molecule has 5 heteroatoms. The van der Waals surface area contributed by atoms with Gasteiger partial charge in [-0.2, -0.15) is 0 Å². The zero-order valence-corrected chi connectivity index (χ0v) is 13.2. The smallest absolute Gasteiger partial charge is 0.123 e. The number of ether oxygens (including phenoxy) is 1. The minimum absolute atomic E-state index is 0.637. The number of halogens is 1.